The highest BCUT2D eigenvalue weighted by atomic mass is 16.1. The number of imidazole rings is 1. The van der Waals surface area contributed by atoms with Gasteiger partial charge in [-0.05, 0) is 25.1 Å². The molecule has 5 rings (SSSR count). The molecule has 8 heteroatoms. The number of benzene rings is 1. The van der Waals surface area contributed by atoms with Crippen LogP contribution in [0.25, 0.3) is 16.9 Å². The smallest absolute Gasteiger partial charge is 0.252 e. The third-order valence-electron chi connectivity index (χ3n) is 5.16. The predicted octanol–water partition coefficient (Wildman–Crippen LogP) is 1.92. The van der Waals surface area contributed by atoms with Gasteiger partial charge in [0.25, 0.3) is 5.91 Å². The first-order valence-corrected chi connectivity index (χ1v) is 9.24. The van der Waals surface area contributed by atoms with Gasteiger partial charge in [-0.3, -0.25) is 9.36 Å². The van der Waals surface area contributed by atoms with Gasteiger partial charge in [-0.15, -0.1) is 10.2 Å². The molecule has 1 atom stereocenters. The van der Waals surface area contributed by atoms with Crippen molar-refractivity contribution in [2.45, 2.75) is 19.9 Å². The van der Waals surface area contributed by atoms with Crippen molar-refractivity contribution in [3.05, 3.63) is 66.1 Å². The van der Waals surface area contributed by atoms with E-state index in [-0.39, 0.29) is 5.91 Å². The van der Waals surface area contributed by atoms with Crippen molar-refractivity contribution in [2.24, 2.45) is 5.92 Å². The maximum absolute atomic E-state index is 12.6. The second-order valence-electron chi connectivity index (χ2n) is 7.07. The second kappa shape index (κ2) is 6.56. The van der Waals surface area contributed by atoms with Crippen LogP contribution < -0.4 is 5.32 Å². The van der Waals surface area contributed by atoms with Crippen LogP contribution in [-0.2, 0) is 13.0 Å². The van der Waals surface area contributed by atoms with Gasteiger partial charge in [0, 0.05) is 37.3 Å². The number of aryl methyl sites for hydroxylation is 1. The van der Waals surface area contributed by atoms with Crippen molar-refractivity contribution in [2.75, 3.05) is 6.54 Å². The lowest BCUT2D eigenvalue weighted by molar-refractivity contribution is 0.0946. The van der Waals surface area contributed by atoms with Gasteiger partial charge in [0.1, 0.15) is 23.5 Å². The van der Waals surface area contributed by atoms with Crippen molar-refractivity contribution >= 4 is 17.1 Å². The summed E-state index contributed by atoms with van der Waals surface area (Å²) in [6.45, 7) is 3.39. The number of aromatic nitrogens is 6. The fourth-order valence-electron chi connectivity index (χ4n) is 3.67. The number of pyridine rings is 1. The topological polar surface area (TPSA) is 90.5 Å². The van der Waals surface area contributed by atoms with E-state index < -0.39 is 0 Å². The molecule has 140 valence electrons. The number of nitrogens with one attached hydrogen (secondary N) is 1. The SMILES string of the molecule is Cc1nnc2n1CC(CNC(=O)c1cnc3c(c1)ncn3-c1ccccc1)C2. The molecule has 0 bridgehead atoms. The number of fused-ring (bicyclic) bond motifs is 2. The monoisotopic (exact) mass is 373 g/mol. The van der Waals surface area contributed by atoms with E-state index in [9.17, 15) is 4.79 Å². The zero-order chi connectivity index (χ0) is 19.1. The minimum absolute atomic E-state index is 0.136. The molecule has 8 nitrogen and oxygen atoms in total. The molecule has 0 saturated heterocycles. The molecule has 0 radical (unpaired) electrons. The largest absolute Gasteiger partial charge is 0.352 e. The van der Waals surface area contributed by atoms with Crippen molar-refractivity contribution < 1.29 is 4.79 Å². The minimum Gasteiger partial charge on any atom is -0.352 e. The first-order valence-electron chi connectivity index (χ1n) is 9.24. The van der Waals surface area contributed by atoms with Gasteiger partial charge in [-0.25, -0.2) is 9.97 Å². The average Bonchev–Trinajstić information content (AvgIpc) is 3.42. The van der Waals surface area contributed by atoms with Crippen molar-refractivity contribution in [1.29, 1.82) is 0 Å². The van der Waals surface area contributed by atoms with E-state index in [2.05, 4.69) is 30.0 Å². The number of nitrogens with zero attached hydrogens (tertiary/aromatic N) is 6. The van der Waals surface area contributed by atoms with Gasteiger partial charge < -0.3 is 9.88 Å². The van der Waals surface area contributed by atoms with E-state index in [1.165, 1.54) is 0 Å². The zero-order valence-corrected chi connectivity index (χ0v) is 15.4. The van der Waals surface area contributed by atoms with E-state index in [0.717, 1.165) is 35.9 Å². The maximum Gasteiger partial charge on any atom is 0.252 e. The molecule has 4 aromatic rings. The van der Waals surface area contributed by atoms with E-state index in [1.807, 2.05) is 41.8 Å². The van der Waals surface area contributed by atoms with Crippen LogP contribution in [0.2, 0.25) is 0 Å². The summed E-state index contributed by atoms with van der Waals surface area (Å²) in [4.78, 5) is 21.5. The highest BCUT2D eigenvalue weighted by molar-refractivity contribution is 5.96. The number of hydrogen-bond donors (Lipinski definition) is 1. The molecule has 1 aliphatic heterocycles. The van der Waals surface area contributed by atoms with E-state index >= 15 is 0 Å². The number of para-hydroxylation sites is 1. The zero-order valence-electron chi connectivity index (χ0n) is 15.4. The molecule has 28 heavy (non-hydrogen) atoms. The lowest BCUT2D eigenvalue weighted by atomic mass is 10.1. The van der Waals surface area contributed by atoms with Crippen molar-refractivity contribution in [3.8, 4) is 5.69 Å². The fraction of sp³-hybridized carbons (Fsp3) is 0.250. The number of rotatable bonds is 4. The summed E-state index contributed by atoms with van der Waals surface area (Å²) < 4.78 is 4.02. The molecule has 3 aromatic heterocycles. The number of carbonyl (C=O) groups is 1. The standard InChI is InChI=1S/C20H19N7O/c1-13-24-25-18-7-14(11-26(13)18)9-22-20(28)15-8-17-19(21-10-15)27(12-23-17)16-5-3-2-4-6-16/h2-6,8,10,12,14H,7,9,11H2,1H3,(H,22,28). The second-order valence-corrected chi connectivity index (χ2v) is 7.07. The summed E-state index contributed by atoms with van der Waals surface area (Å²) in [5, 5.41) is 11.3. The molecule has 0 aliphatic carbocycles. The molecular formula is C20H19N7O. The molecule has 1 aliphatic rings. The summed E-state index contributed by atoms with van der Waals surface area (Å²) in [5.74, 6) is 2.11. The Morgan fingerprint density at radius 1 is 1.21 bits per heavy atom. The predicted molar refractivity (Wildman–Crippen MR) is 103 cm³/mol. The van der Waals surface area contributed by atoms with E-state index in [0.29, 0.717) is 23.5 Å². The van der Waals surface area contributed by atoms with Gasteiger partial charge in [0.05, 0.1) is 5.56 Å². The summed E-state index contributed by atoms with van der Waals surface area (Å²) in [6.07, 6.45) is 4.16. The normalized spacial score (nSPS) is 15.7. The molecule has 0 spiro atoms. The first-order chi connectivity index (χ1) is 13.7. The highest BCUT2D eigenvalue weighted by Crippen LogP contribution is 2.20. The Kier molecular flexibility index (Phi) is 3.89. The quantitative estimate of drug-likeness (QED) is 0.590. The van der Waals surface area contributed by atoms with Gasteiger partial charge in [-0.1, -0.05) is 18.2 Å². The lowest BCUT2D eigenvalue weighted by Crippen LogP contribution is -2.30. The third-order valence-corrected chi connectivity index (χ3v) is 5.16. The molecule has 0 fully saturated rings. The number of carbonyl (C=O) groups excluding carboxylic acids is 1. The molecule has 1 aromatic carbocycles. The summed E-state index contributed by atoms with van der Waals surface area (Å²) in [5.41, 5.74) is 2.92. The van der Waals surface area contributed by atoms with Crippen LogP contribution in [0.15, 0.2) is 48.9 Å². The van der Waals surface area contributed by atoms with Crippen LogP contribution in [-0.4, -0.2) is 41.8 Å². The van der Waals surface area contributed by atoms with Crippen LogP contribution in [0.4, 0.5) is 0 Å². The van der Waals surface area contributed by atoms with Crippen LogP contribution in [0.3, 0.4) is 0 Å². The first kappa shape index (κ1) is 16.6. The van der Waals surface area contributed by atoms with Crippen LogP contribution in [0.5, 0.6) is 0 Å². The van der Waals surface area contributed by atoms with Gasteiger partial charge in [0.2, 0.25) is 0 Å². The van der Waals surface area contributed by atoms with Crippen LogP contribution in [0, 0.1) is 12.8 Å². The molecular weight excluding hydrogens is 354 g/mol. The van der Waals surface area contributed by atoms with E-state index in [1.54, 1.807) is 18.6 Å². The summed E-state index contributed by atoms with van der Waals surface area (Å²) in [6, 6.07) is 11.7. The number of amides is 1. The Bertz CT molecular complexity index is 1160. The van der Waals surface area contributed by atoms with Crippen LogP contribution in [0.1, 0.15) is 22.0 Å². The third kappa shape index (κ3) is 2.83. The molecule has 1 unspecified atom stereocenters. The summed E-state index contributed by atoms with van der Waals surface area (Å²) >= 11 is 0. The summed E-state index contributed by atoms with van der Waals surface area (Å²) in [7, 11) is 0. The lowest BCUT2D eigenvalue weighted by Gasteiger charge is -2.11. The van der Waals surface area contributed by atoms with Gasteiger partial charge in [-0.2, -0.15) is 0 Å². The Morgan fingerprint density at radius 2 is 2.07 bits per heavy atom. The Hall–Kier alpha value is -3.55. The van der Waals surface area contributed by atoms with Gasteiger partial charge in [0.15, 0.2) is 5.65 Å². The highest BCUT2D eigenvalue weighted by Gasteiger charge is 2.25. The van der Waals surface area contributed by atoms with Crippen LogP contribution >= 0.6 is 0 Å². The average molecular weight is 373 g/mol. The van der Waals surface area contributed by atoms with E-state index in [4.69, 9.17) is 0 Å². The Balaban J connectivity index is 1.29. The molecule has 0 saturated carbocycles. The van der Waals surface area contributed by atoms with Crippen molar-refractivity contribution in [1.82, 2.24) is 34.6 Å². The maximum atomic E-state index is 12.6. The Labute approximate surface area is 161 Å². The van der Waals surface area contributed by atoms with Gasteiger partial charge >= 0.3 is 0 Å². The Morgan fingerprint density at radius 3 is 2.89 bits per heavy atom. The van der Waals surface area contributed by atoms with Crippen molar-refractivity contribution in [3.63, 3.8) is 0 Å². The molecule has 1 amide bonds. The number of hydrogen-bond acceptors (Lipinski definition) is 5. The fourth-order valence-corrected chi connectivity index (χ4v) is 3.67. The molecule has 4 heterocycles. The minimum atomic E-state index is -0.136. The molecule has 1 N–H and O–H groups in total.